The molecule has 1 aromatic carbocycles. The number of benzene rings is 1. The molecule has 0 unspecified atom stereocenters. The molecule has 0 bridgehead atoms. The molecule has 1 aliphatic rings. The largest absolute Gasteiger partial charge is 0.445 e. The van der Waals surface area contributed by atoms with Gasteiger partial charge in [-0.3, -0.25) is 4.79 Å². The van der Waals surface area contributed by atoms with E-state index in [-0.39, 0.29) is 23.6 Å². The van der Waals surface area contributed by atoms with E-state index in [1.54, 1.807) is 12.3 Å². The van der Waals surface area contributed by atoms with Crippen LogP contribution in [-0.2, 0) is 11.2 Å². The summed E-state index contributed by atoms with van der Waals surface area (Å²) in [5.74, 6) is 1.50. The number of oxazole rings is 1. The average molecular weight is 330 g/mol. The van der Waals surface area contributed by atoms with Crippen LogP contribution in [0.5, 0.6) is 0 Å². The molecule has 0 spiro atoms. The zero-order valence-corrected chi connectivity index (χ0v) is 14.2. The third-order valence-corrected chi connectivity index (χ3v) is 4.42. The molecular formula is C19H23FN2O2. The van der Waals surface area contributed by atoms with Gasteiger partial charge in [0.05, 0.1) is 12.1 Å². The fourth-order valence-electron chi connectivity index (χ4n) is 3.19. The Kier molecular flexibility index (Phi) is 4.97. The fraction of sp³-hybridized carbons (Fsp3) is 0.474. The van der Waals surface area contributed by atoms with Crippen molar-refractivity contribution >= 4 is 5.91 Å². The number of halogens is 1. The van der Waals surface area contributed by atoms with E-state index in [0.29, 0.717) is 18.9 Å². The molecule has 1 aromatic heterocycles. The maximum Gasteiger partial charge on any atom is 0.225 e. The van der Waals surface area contributed by atoms with E-state index < -0.39 is 0 Å². The molecule has 128 valence electrons. The standard InChI is InChI=1S/C19H23FN2O2/c1-13(2)19(23)22-8-4-6-15(12-22)18-21-11-17(24-18)10-14-5-3-7-16(20)9-14/h3,5,7,9,11,13,15H,4,6,8,10,12H2,1-2H3/t15-/m0/s1. The van der Waals surface area contributed by atoms with Crippen LogP contribution in [0.2, 0.25) is 0 Å². The van der Waals surface area contributed by atoms with Gasteiger partial charge in [-0.05, 0) is 30.5 Å². The van der Waals surface area contributed by atoms with Crippen LogP contribution in [-0.4, -0.2) is 28.9 Å². The van der Waals surface area contributed by atoms with E-state index >= 15 is 0 Å². The van der Waals surface area contributed by atoms with Crippen molar-refractivity contribution in [3.05, 3.63) is 53.5 Å². The Balaban J connectivity index is 1.67. The lowest BCUT2D eigenvalue weighted by molar-refractivity contribution is -0.135. The van der Waals surface area contributed by atoms with E-state index in [1.165, 1.54) is 12.1 Å². The molecule has 0 N–H and O–H groups in total. The lowest BCUT2D eigenvalue weighted by Gasteiger charge is -2.32. The van der Waals surface area contributed by atoms with Gasteiger partial charge in [0.25, 0.3) is 0 Å². The number of carbonyl (C=O) groups is 1. The molecule has 2 heterocycles. The SMILES string of the molecule is CC(C)C(=O)N1CCC[C@H](c2ncc(Cc3cccc(F)c3)o2)C1. The van der Waals surface area contributed by atoms with Gasteiger partial charge in [0.1, 0.15) is 11.6 Å². The molecule has 1 amide bonds. The number of nitrogens with zero attached hydrogens (tertiary/aromatic N) is 2. The second-order valence-corrected chi connectivity index (χ2v) is 6.75. The zero-order chi connectivity index (χ0) is 17.1. The summed E-state index contributed by atoms with van der Waals surface area (Å²) in [5, 5.41) is 0. The van der Waals surface area contributed by atoms with Crippen LogP contribution in [0.25, 0.3) is 0 Å². The quantitative estimate of drug-likeness (QED) is 0.857. The molecule has 1 saturated heterocycles. The van der Waals surface area contributed by atoms with Crippen LogP contribution in [0.1, 0.15) is 49.8 Å². The second-order valence-electron chi connectivity index (χ2n) is 6.75. The second kappa shape index (κ2) is 7.16. The van der Waals surface area contributed by atoms with Gasteiger partial charge < -0.3 is 9.32 Å². The molecule has 0 aliphatic carbocycles. The van der Waals surface area contributed by atoms with Crippen molar-refractivity contribution in [1.82, 2.24) is 9.88 Å². The summed E-state index contributed by atoms with van der Waals surface area (Å²) >= 11 is 0. The number of hydrogen-bond donors (Lipinski definition) is 0. The van der Waals surface area contributed by atoms with Crippen LogP contribution < -0.4 is 0 Å². The van der Waals surface area contributed by atoms with E-state index in [0.717, 1.165) is 30.7 Å². The fourth-order valence-corrected chi connectivity index (χ4v) is 3.19. The first-order valence-corrected chi connectivity index (χ1v) is 8.50. The molecule has 1 atom stereocenters. The number of piperidine rings is 1. The van der Waals surface area contributed by atoms with Crippen molar-refractivity contribution in [2.75, 3.05) is 13.1 Å². The van der Waals surface area contributed by atoms with Gasteiger partial charge in [-0.1, -0.05) is 26.0 Å². The van der Waals surface area contributed by atoms with Gasteiger partial charge in [-0.25, -0.2) is 9.37 Å². The topological polar surface area (TPSA) is 46.3 Å². The summed E-state index contributed by atoms with van der Waals surface area (Å²) < 4.78 is 19.2. The summed E-state index contributed by atoms with van der Waals surface area (Å²) in [6, 6.07) is 6.50. The lowest BCUT2D eigenvalue weighted by Crippen LogP contribution is -2.41. The summed E-state index contributed by atoms with van der Waals surface area (Å²) in [7, 11) is 0. The molecule has 4 nitrogen and oxygen atoms in total. The van der Waals surface area contributed by atoms with Gasteiger partial charge in [-0.15, -0.1) is 0 Å². The summed E-state index contributed by atoms with van der Waals surface area (Å²) in [6.07, 6.45) is 4.17. The van der Waals surface area contributed by atoms with Crippen molar-refractivity contribution in [1.29, 1.82) is 0 Å². The van der Waals surface area contributed by atoms with E-state index in [1.807, 2.05) is 24.8 Å². The van der Waals surface area contributed by atoms with Crippen molar-refractivity contribution in [2.45, 2.75) is 39.0 Å². The predicted molar refractivity (Wildman–Crippen MR) is 89.1 cm³/mol. The third kappa shape index (κ3) is 3.83. The monoisotopic (exact) mass is 330 g/mol. The normalized spacial score (nSPS) is 18.2. The Morgan fingerprint density at radius 2 is 2.29 bits per heavy atom. The lowest BCUT2D eigenvalue weighted by atomic mass is 9.97. The molecule has 3 rings (SSSR count). The summed E-state index contributed by atoms with van der Waals surface area (Å²) in [4.78, 5) is 18.5. The first kappa shape index (κ1) is 16.7. The van der Waals surface area contributed by atoms with E-state index in [9.17, 15) is 9.18 Å². The number of rotatable bonds is 4. The predicted octanol–water partition coefficient (Wildman–Crippen LogP) is 3.77. The van der Waals surface area contributed by atoms with Crippen molar-refractivity contribution < 1.29 is 13.6 Å². The number of likely N-dealkylation sites (tertiary alicyclic amines) is 1. The molecule has 5 heteroatoms. The molecule has 2 aromatic rings. The minimum atomic E-state index is -0.248. The number of hydrogen-bond acceptors (Lipinski definition) is 3. The van der Waals surface area contributed by atoms with Crippen molar-refractivity contribution in [3.8, 4) is 0 Å². The molecule has 0 saturated carbocycles. The molecule has 1 fully saturated rings. The van der Waals surface area contributed by atoms with Crippen LogP contribution in [0.15, 0.2) is 34.9 Å². The zero-order valence-electron chi connectivity index (χ0n) is 14.2. The minimum absolute atomic E-state index is 0.0110. The van der Waals surface area contributed by atoms with Crippen LogP contribution in [0, 0.1) is 11.7 Å². The van der Waals surface area contributed by atoms with Gasteiger partial charge >= 0.3 is 0 Å². The maximum absolute atomic E-state index is 13.3. The minimum Gasteiger partial charge on any atom is -0.445 e. The van der Waals surface area contributed by atoms with E-state index in [4.69, 9.17) is 4.42 Å². The van der Waals surface area contributed by atoms with Gasteiger partial charge in [-0.2, -0.15) is 0 Å². The highest BCUT2D eigenvalue weighted by Crippen LogP contribution is 2.28. The number of carbonyl (C=O) groups excluding carboxylic acids is 1. The van der Waals surface area contributed by atoms with Gasteiger partial charge in [0.2, 0.25) is 5.91 Å². The Hall–Kier alpha value is -2.17. The highest BCUT2D eigenvalue weighted by molar-refractivity contribution is 5.78. The Labute approximate surface area is 141 Å². The van der Waals surface area contributed by atoms with Crippen LogP contribution >= 0.6 is 0 Å². The summed E-state index contributed by atoms with van der Waals surface area (Å²) in [6.45, 7) is 5.32. The van der Waals surface area contributed by atoms with Crippen molar-refractivity contribution in [2.24, 2.45) is 5.92 Å². The van der Waals surface area contributed by atoms with Gasteiger partial charge in [0.15, 0.2) is 5.89 Å². The highest BCUT2D eigenvalue weighted by Gasteiger charge is 2.28. The Morgan fingerprint density at radius 1 is 1.46 bits per heavy atom. The number of aromatic nitrogens is 1. The highest BCUT2D eigenvalue weighted by atomic mass is 19.1. The maximum atomic E-state index is 13.3. The van der Waals surface area contributed by atoms with Crippen molar-refractivity contribution in [3.63, 3.8) is 0 Å². The first-order chi connectivity index (χ1) is 11.5. The Bertz CT molecular complexity index is 711. The van der Waals surface area contributed by atoms with Gasteiger partial charge in [0, 0.05) is 25.4 Å². The summed E-state index contributed by atoms with van der Waals surface area (Å²) in [5.41, 5.74) is 0.859. The van der Waals surface area contributed by atoms with Crippen LogP contribution in [0.3, 0.4) is 0 Å². The smallest absolute Gasteiger partial charge is 0.225 e. The number of amides is 1. The molecule has 1 aliphatic heterocycles. The molecule has 0 radical (unpaired) electrons. The van der Waals surface area contributed by atoms with Crippen LogP contribution in [0.4, 0.5) is 4.39 Å². The molecular weight excluding hydrogens is 307 g/mol. The average Bonchev–Trinajstić information content (AvgIpc) is 3.02. The Morgan fingerprint density at radius 3 is 3.04 bits per heavy atom. The van der Waals surface area contributed by atoms with E-state index in [2.05, 4.69) is 4.98 Å². The first-order valence-electron chi connectivity index (χ1n) is 8.50. The third-order valence-electron chi connectivity index (χ3n) is 4.42. The molecule has 24 heavy (non-hydrogen) atoms.